The number of nitrogens with zero attached hydrogens (tertiary/aromatic N) is 2. The molecule has 2 aromatic rings. The summed E-state index contributed by atoms with van der Waals surface area (Å²) in [5.74, 6) is -2.22. The molecule has 1 aromatic heterocycles. The van der Waals surface area contributed by atoms with E-state index < -0.39 is 5.92 Å². The monoisotopic (exact) mass is 477 g/mol. The molecule has 0 atom stereocenters. The highest BCUT2D eigenvalue weighted by Gasteiger charge is 2.41. The summed E-state index contributed by atoms with van der Waals surface area (Å²) in [4.78, 5) is 19.4. The van der Waals surface area contributed by atoms with E-state index in [1.807, 2.05) is 23.1 Å². The molecule has 4 nitrogen and oxygen atoms in total. The number of hydrogen-bond acceptors (Lipinski definition) is 4. The van der Waals surface area contributed by atoms with Gasteiger partial charge in [-0.05, 0) is 56.7 Å². The Hall–Kier alpha value is -1.60. The average molecular weight is 478 g/mol. The van der Waals surface area contributed by atoms with Gasteiger partial charge in [0.2, 0.25) is 0 Å². The molecule has 7 heteroatoms. The summed E-state index contributed by atoms with van der Waals surface area (Å²) < 4.78 is 28.1. The van der Waals surface area contributed by atoms with Crippen molar-refractivity contribution in [1.82, 2.24) is 9.88 Å². The lowest BCUT2D eigenvalue weighted by Crippen LogP contribution is -2.40. The number of likely N-dealkylation sites (tertiary alicyclic amines) is 1. The van der Waals surface area contributed by atoms with Crippen molar-refractivity contribution in [2.45, 2.75) is 63.0 Å². The van der Waals surface area contributed by atoms with Gasteiger partial charge < -0.3 is 5.32 Å². The lowest BCUT2D eigenvalue weighted by atomic mass is 9.89. The van der Waals surface area contributed by atoms with Crippen LogP contribution in [0.15, 0.2) is 28.9 Å². The van der Waals surface area contributed by atoms with Crippen molar-refractivity contribution in [3.8, 4) is 0 Å². The molecule has 0 spiro atoms. The van der Waals surface area contributed by atoms with Crippen molar-refractivity contribution in [3.63, 3.8) is 0 Å². The minimum Gasteiger partial charge on any atom is -0.381 e. The summed E-state index contributed by atoms with van der Waals surface area (Å²) in [5.41, 5.74) is 2.43. The van der Waals surface area contributed by atoms with Crippen LogP contribution in [0.25, 0.3) is 10.9 Å². The second kappa shape index (κ2) is 7.83. The van der Waals surface area contributed by atoms with Crippen LogP contribution >= 0.6 is 15.9 Å². The quantitative estimate of drug-likeness (QED) is 0.564. The average Bonchev–Trinajstić information content (AvgIpc) is 3.51. The maximum atomic E-state index is 13.6. The molecule has 0 bridgehead atoms. The number of pyridine rings is 1. The van der Waals surface area contributed by atoms with Gasteiger partial charge in [0.25, 0.3) is 5.92 Å². The van der Waals surface area contributed by atoms with Crippen molar-refractivity contribution in [2.24, 2.45) is 5.92 Å². The van der Waals surface area contributed by atoms with E-state index in [-0.39, 0.29) is 36.8 Å². The number of carbonyl (C=O) groups excluding carboxylic acids is 1. The fraction of sp³-hybridized carbons (Fsp3) is 0.565. The Morgan fingerprint density at radius 1 is 1.17 bits per heavy atom. The zero-order chi connectivity index (χ0) is 20.9. The smallest absolute Gasteiger partial charge is 0.261 e. The lowest BCUT2D eigenvalue weighted by Gasteiger charge is -2.35. The lowest BCUT2D eigenvalue weighted by molar-refractivity contribution is 0.00535. The second-order valence-corrected chi connectivity index (χ2v) is 9.99. The largest absolute Gasteiger partial charge is 0.381 e. The van der Waals surface area contributed by atoms with Crippen molar-refractivity contribution >= 4 is 38.3 Å². The van der Waals surface area contributed by atoms with Crippen LogP contribution in [-0.2, 0) is 0 Å². The van der Waals surface area contributed by atoms with Crippen LogP contribution in [0.4, 0.5) is 14.5 Å². The first-order chi connectivity index (χ1) is 14.4. The van der Waals surface area contributed by atoms with E-state index in [1.165, 1.54) is 0 Å². The number of hydrogen-bond donors (Lipinski definition) is 1. The number of nitrogens with one attached hydrogen (secondary N) is 1. The van der Waals surface area contributed by atoms with E-state index in [9.17, 15) is 13.6 Å². The molecule has 2 saturated carbocycles. The summed E-state index contributed by atoms with van der Waals surface area (Å²) in [6.45, 7) is 0.400. The molecule has 1 aromatic carbocycles. The van der Waals surface area contributed by atoms with E-state index in [1.54, 1.807) is 6.20 Å². The molecule has 0 radical (unpaired) electrons. The van der Waals surface area contributed by atoms with Crippen LogP contribution in [0.1, 0.15) is 55.3 Å². The standard InChI is InChI=1S/C23H26BrF2N3O/c24-15-3-8-20-18(11-15)21(19(12-27-20)22(30)14-1-2-14)28-16-4-6-17(7-5-16)29-10-9-23(25,26)13-29/h3,8,11-12,14,16-17H,1-2,4-7,9-10,13H2,(H,27,28). The summed E-state index contributed by atoms with van der Waals surface area (Å²) in [6, 6.07) is 6.41. The molecule has 0 amide bonds. The van der Waals surface area contributed by atoms with Crippen molar-refractivity contribution in [1.29, 1.82) is 0 Å². The van der Waals surface area contributed by atoms with E-state index in [2.05, 4.69) is 26.2 Å². The Morgan fingerprint density at radius 3 is 2.60 bits per heavy atom. The highest BCUT2D eigenvalue weighted by atomic mass is 79.9. The Bertz CT molecular complexity index is 970. The molecule has 3 aliphatic rings. The van der Waals surface area contributed by atoms with Crippen molar-refractivity contribution < 1.29 is 13.6 Å². The molecule has 2 heterocycles. The minimum absolute atomic E-state index is 0.0182. The summed E-state index contributed by atoms with van der Waals surface area (Å²) in [6.07, 6.45) is 7.27. The zero-order valence-corrected chi connectivity index (χ0v) is 18.4. The third kappa shape index (κ3) is 4.11. The summed E-state index contributed by atoms with van der Waals surface area (Å²) in [5, 5.41) is 4.62. The Balaban J connectivity index is 1.35. The van der Waals surface area contributed by atoms with E-state index in [4.69, 9.17) is 0 Å². The number of rotatable bonds is 5. The van der Waals surface area contributed by atoms with Crippen molar-refractivity contribution in [3.05, 3.63) is 34.4 Å². The maximum absolute atomic E-state index is 13.6. The SMILES string of the molecule is O=C(c1cnc2ccc(Br)cc2c1NC1CCC(N2CCC(F)(F)C2)CC1)C1CC1. The molecular formula is C23H26BrF2N3O. The van der Waals surface area contributed by atoms with Gasteiger partial charge >= 0.3 is 0 Å². The van der Waals surface area contributed by atoms with Crippen LogP contribution in [0.3, 0.4) is 0 Å². The predicted molar refractivity (Wildman–Crippen MR) is 117 cm³/mol. The maximum Gasteiger partial charge on any atom is 0.261 e. The highest BCUT2D eigenvalue weighted by molar-refractivity contribution is 9.10. The van der Waals surface area contributed by atoms with Crippen LogP contribution in [0.2, 0.25) is 0 Å². The normalized spacial score (nSPS) is 26.8. The number of carbonyl (C=O) groups is 1. The fourth-order valence-electron chi connectivity index (χ4n) is 4.94. The molecule has 1 saturated heterocycles. The molecule has 1 aliphatic heterocycles. The summed E-state index contributed by atoms with van der Waals surface area (Å²) >= 11 is 3.54. The number of Topliss-reactive ketones (excluding diaryl/α,β-unsaturated/α-hetero) is 1. The van der Waals surface area contributed by atoms with Crippen LogP contribution in [0.5, 0.6) is 0 Å². The van der Waals surface area contributed by atoms with Gasteiger partial charge in [-0.25, -0.2) is 8.78 Å². The van der Waals surface area contributed by atoms with Crippen LogP contribution in [0, 0.1) is 5.92 Å². The van der Waals surface area contributed by atoms with Gasteiger partial charge in [-0.15, -0.1) is 0 Å². The van der Waals surface area contributed by atoms with Gasteiger partial charge in [-0.3, -0.25) is 14.7 Å². The molecule has 3 fully saturated rings. The number of anilines is 1. The third-order valence-corrected chi connectivity index (χ3v) is 7.30. The van der Waals surface area contributed by atoms with Gasteiger partial charge in [0.1, 0.15) is 0 Å². The number of ketones is 1. The van der Waals surface area contributed by atoms with Crippen molar-refractivity contribution in [2.75, 3.05) is 18.4 Å². The van der Waals surface area contributed by atoms with E-state index in [0.717, 1.165) is 59.6 Å². The first-order valence-electron chi connectivity index (χ1n) is 10.9. The first kappa shape index (κ1) is 20.3. The van der Waals surface area contributed by atoms with Gasteiger partial charge in [0, 0.05) is 47.0 Å². The number of benzene rings is 1. The molecule has 0 unspecified atom stereocenters. The Morgan fingerprint density at radius 2 is 1.93 bits per heavy atom. The van der Waals surface area contributed by atoms with E-state index >= 15 is 0 Å². The molecule has 2 aliphatic carbocycles. The highest BCUT2D eigenvalue weighted by Crippen LogP contribution is 2.39. The van der Waals surface area contributed by atoms with Gasteiger partial charge in [0.15, 0.2) is 5.78 Å². The fourth-order valence-corrected chi connectivity index (χ4v) is 5.30. The topological polar surface area (TPSA) is 45.2 Å². The van der Waals surface area contributed by atoms with Gasteiger partial charge in [-0.2, -0.15) is 0 Å². The zero-order valence-electron chi connectivity index (χ0n) is 16.8. The Labute approximate surface area is 183 Å². The van der Waals surface area contributed by atoms with Gasteiger partial charge in [0.05, 0.1) is 23.3 Å². The number of aromatic nitrogens is 1. The van der Waals surface area contributed by atoms with E-state index in [0.29, 0.717) is 12.1 Å². The molecule has 160 valence electrons. The number of alkyl halides is 2. The number of halogens is 3. The molecule has 5 rings (SSSR count). The molecule has 30 heavy (non-hydrogen) atoms. The van der Waals surface area contributed by atoms with Crippen LogP contribution < -0.4 is 5.32 Å². The first-order valence-corrected chi connectivity index (χ1v) is 11.7. The minimum atomic E-state index is -2.53. The van der Waals surface area contributed by atoms with Crippen LogP contribution in [-0.4, -0.2) is 46.8 Å². The molecule has 1 N–H and O–H groups in total. The van der Waals surface area contributed by atoms with Gasteiger partial charge in [-0.1, -0.05) is 15.9 Å². The second-order valence-electron chi connectivity index (χ2n) is 9.07. The third-order valence-electron chi connectivity index (χ3n) is 6.80. The molecular weight excluding hydrogens is 452 g/mol. The summed E-state index contributed by atoms with van der Waals surface area (Å²) in [7, 11) is 0. The number of fused-ring (bicyclic) bond motifs is 1. The predicted octanol–water partition coefficient (Wildman–Crippen LogP) is 5.65. The Kier molecular flexibility index (Phi) is 5.30.